The van der Waals surface area contributed by atoms with Gasteiger partial charge in [-0.1, -0.05) is 0 Å². The van der Waals surface area contributed by atoms with E-state index in [0.29, 0.717) is 50.5 Å². The second-order valence-corrected chi connectivity index (χ2v) is 12.0. The number of halogens is 1. The van der Waals surface area contributed by atoms with Crippen molar-refractivity contribution in [3.63, 3.8) is 0 Å². The molecule has 5 atom stereocenters. The minimum atomic E-state index is -2.39. The van der Waals surface area contributed by atoms with Crippen molar-refractivity contribution in [1.29, 1.82) is 0 Å². The van der Waals surface area contributed by atoms with Gasteiger partial charge in [0.25, 0.3) is 0 Å². The Morgan fingerprint density at radius 3 is 2.74 bits per heavy atom. The van der Waals surface area contributed by atoms with E-state index < -0.39 is 7.04 Å². The van der Waals surface area contributed by atoms with E-state index in [2.05, 4.69) is 45.4 Å². The van der Waals surface area contributed by atoms with Gasteiger partial charge >= 0.3 is 0 Å². The summed E-state index contributed by atoms with van der Waals surface area (Å²) in [5.74, 6) is 1.65. The van der Waals surface area contributed by atoms with E-state index in [1.54, 1.807) is 0 Å². The van der Waals surface area contributed by atoms with Crippen molar-refractivity contribution in [2.24, 2.45) is 0 Å². The van der Waals surface area contributed by atoms with Gasteiger partial charge in [0.2, 0.25) is 0 Å². The first kappa shape index (κ1) is 21.8. The minimum absolute atomic E-state index is 0.0549. The Bertz CT molecular complexity index is 1390. The lowest BCUT2D eigenvalue weighted by atomic mass is 9.99. The van der Waals surface area contributed by atoms with Gasteiger partial charge in [-0.25, -0.2) is 9.67 Å². The Balaban J connectivity index is 1.30. The number of morpholine rings is 1. The highest BCUT2D eigenvalue weighted by atomic mass is 127. The molecule has 0 N–H and O–H groups in total. The fourth-order valence-electron chi connectivity index (χ4n) is 6.69. The smallest absolute Gasteiger partial charge is 0.177 e. The van der Waals surface area contributed by atoms with Crippen molar-refractivity contribution in [3.05, 3.63) is 22.0 Å². The van der Waals surface area contributed by atoms with Gasteiger partial charge in [-0.05, 0) is 74.5 Å². The first-order valence-electron chi connectivity index (χ1n) is 15.3. The number of fused-ring (bicyclic) bond motifs is 3. The second-order valence-electron chi connectivity index (χ2n) is 11.0. The summed E-state index contributed by atoms with van der Waals surface area (Å²) in [6.07, 6.45) is 8.24. The number of hydrogen-bond acceptors (Lipinski definition) is 8. The number of methoxy groups -OCH3 is 1. The SMILES string of the molecule is [2H]C([2H])([2H])OC1CCN(c2cc(N3C4CCC3COC4)nc3c2c(I)nn3-c2ccn(C3CCCCO3)n2)[C@H](C)C1. The first-order valence-corrected chi connectivity index (χ1v) is 14.9. The molecule has 38 heavy (non-hydrogen) atoms. The van der Waals surface area contributed by atoms with Crippen LogP contribution in [0.1, 0.15) is 62.2 Å². The molecule has 7 heterocycles. The summed E-state index contributed by atoms with van der Waals surface area (Å²) in [6, 6.07) is 4.88. The van der Waals surface area contributed by atoms with Crippen molar-refractivity contribution < 1.29 is 18.3 Å². The highest BCUT2D eigenvalue weighted by Crippen LogP contribution is 2.41. The van der Waals surface area contributed by atoms with Crippen molar-refractivity contribution in [2.75, 3.05) is 43.2 Å². The molecule has 4 aliphatic heterocycles. The van der Waals surface area contributed by atoms with E-state index in [0.717, 1.165) is 65.0 Å². The molecule has 0 amide bonds. The van der Waals surface area contributed by atoms with Gasteiger partial charge in [-0.3, -0.25) is 0 Å². The van der Waals surface area contributed by atoms with Crippen LogP contribution >= 0.6 is 22.6 Å². The first-order chi connectivity index (χ1) is 19.7. The molecule has 0 saturated carbocycles. The average molecular weight is 637 g/mol. The molecule has 4 aliphatic rings. The standard InChI is InChI=1S/C27H36IN7O3/c1-17-13-20(36-2)8-10-32(17)21-14-23(34-18-6-7-19(34)16-37-15-18)29-27-25(21)26(28)31-35(27)22-9-11-33(30-22)24-5-3-4-12-38-24/h9,11,14,17-20,24H,3-8,10,12-13,15-16H2,1-2H3/t17-,18?,19?,20?,24?/m1/s1/i2D3. The van der Waals surface area contributed by atoms with Crippen molar-refractivity contribution in [3.8, 4) is 5.82 Å². The van der Waals surface area contributed by atoms with Crippen molar-refractivity contribution in [2.45, 2.75) is 82.3 Å². The minimum Gasteiger partial charge on any atom is -0.381 e. The largest absolute Gasteiger partial charge is 0.381 e. The Hall–Kier alpha value is -1.96. The lowest BCUT2D eigenvalue weighted by Gasteiger charge is -2.40. The van der Waals surface area contributed by atoms with Crippen molar-refractivity contribution in [1.82, 2.24) is 24.5 Å². The molecule has 3 aromatic heterocycles. The maximum Gasteiger partial charge on any atom is 0.177 e. The normalized spacial score (nSPS) is 31.4. The zero-order chi connectivity index (χ0) is 28.3. The van der Waals surface area contributed by atoms with E-state index >= 15 is 0 Å². The van der Waals surface area contributed by atoms with Crippen molar-refractivity contribution >= 4 is 45.1 Å². The van der Waals surface area contributed by atoms with Crippen LogP contribution in [0.5, 0.6) is 0 Å². The van der Waals surface area contributed by atoms with Gasteiger partial charge in [0, 0.05) is 44.6 Å². The van der Waals surface area contributed by atoms with Crippen LogP contribution in [-0.4, -0.2) is 82.2 Å². The van der Waals surface area contributed by atoms with Crippen LogP contribution in [0.2, 0.25) is 0 Å². The van der Waals surface area contributed by atoms with E-state index in [9.17, 15) is 0 Å². The molecule has 0 aliphatic carbocycles. The number of ether oxygens (including phenoxy) is 3. The van der Waals surface area contributed by atoms with E-state index in [1.807, 2.05) is 21.6 Å². The molecule has 4 saturated heterocycles. The predicted octanol–water partition coefficient (Wildman–Crippen LogP) is 4.29. The third-order valence-electron chi connectivity index (χ3n) is 8.63. The molecule has 3 aromatic rings. The molecule has 7 rings (SSSR count). The maximum absolute atomic E-state index is 7.57. The Morgan fingerprint density at radius 1 is 1.11 bits per heavy atom. The van der Waals surface area contributed by atoms with Crippen LogP contribution in [-0.2, 0) is 14.2 Å². The van der Waals surface area contributed by atoms with Crippen LogP contribution in [0.3, 0.4) is 0 Å². The third-order valence-corrected chi connectivity index (χ3v) is 9.39. The number of nitrogens with zero attached hydrogens (tertiary/aromatic N) is 7. The summed E-state index contributed by atoms with van der Waals surface area (Å²) < 4.78 is 44.6. The molecule has 0 radical (unpaired) electrons. The second kappa shape index (κ2) is 10.2. The molecule has 0 aromatic carbocycles. The zero-order valence-electron chi connectivity index (χ0n) is 24.6. The fourth-order valence-corrected chi connectivity index (χ4v) is 7.42. The van der Waals surface area contributed by atoms with Crippen LogP contribution in [0.15, 0.2) is 18.3 Å². The van der Waals surface area contributed by atoms with E-state index in [4.69, 9.17) is 33.5 Å². The lowest BCUT2D eigenvalue weighted by Crippen LogP contribution is -2.47. The topological polar surface area (TPSA) is 82.7 Å². The maximum atomic E-state index is 7.57. The number of piperidine rings is 1. The number of rotatable bonds is 5. The Morgan fingerprint density at radius 2 is 1.97 bits per heavy atom. The molecular weight excluding hydrogens is 597 g/mol. The predicted molar refractivity (Wildman–Crippen MR) is 153 cm³/mol. The monoisotopic (exact) mass is 636 g/mol. The number of aromatic nitrogens is 5. The molecule has 10 nitrogen and oxygen atoms in total. The lowest BCUT2D eigenvalue weighted by molar-refractivity contribution is -0.0395. The molecule has 4 unspecified atom stereocenters. The highest BCUT2D eigenvalue weighted by molar-refractivity contribution is 14.1. The summed E-state index contributed by atoms with van der Waals surface area (Å²) in [5, 5.41) is 10.8. The molecule has 4 fully saturated rings. The number of anilines is 2. The van der Waals surface area contributed by atoms with E-state index in [-0.39, 0.29) is 18.4 Å². The Labute approximate surface area is 240 Å². The average Bonchev–Trinajstić information content (AvgIpc) is 3.62. The van der Waals surface area contributed by atoms with Gasteiger partial charge in [0.15, 0.2) is 11.5 Å². The van der Waals surface area contributed by atoms with Crippen LogP contribution in [0, 0.1) is 3.70 Å². The molecule has 2 bridgehead atoms. The summed E-state index contributed by atoms with van der Waals surface area (Å²) in [5.41, 5.74) is 1.84. The quantitative estimate of drug-likeness (QED) is 0.384. The Kier molecular flexibility index (Phi) is 5.86. The zero-order valence-corrected chi connectivity index (χ0v) is 23.8. The van der Waals surface area contributed by atoms with Gasteiger partial charge in [-0.2, -0.15) is 14.9 Å². The van der Waals surface area contributed by atoms with Crippen LogP contribution in [0.4, 0.5) is 11.5 Å². The van der Waals surface area contributed by atoms with Crippen LogP contribution < -0.4 is 9.80 Å². The number of hydrogen-bond donors (Lipinski definition) is 0. The third kappa shape index (κ3) is 4.29. The molecular formula is C27H36IN7O3. The van der Waals surface area contributed by atoms with E-state index in [1.165, 1.54) is 0 Å². The summed E-state index contributed by atoms with van der Waals surface area (Å²) in [7, 11) is -2.39. The molecule has 0 spiro atoms. The highest BCUT2D eigenvalue weighted by Gasteiger charge is 2.39. The summed E-state index contributed by atoms with van der Waals surface area (Å²) >= 11 is 2.30. The summed E-state index contributed by atoms with van der Waals surface area (Å²) in [6.45, 7) is 5.00. The van der Waals surface area contributed by atoms with Gasteiger partial charge in [0.05, 0.1) is 46.6 Å². The van der Waals surface area contributed by atoms with Gasteiger partial charge in [0.1, 0.15) is 15.7 Å². The fraction of sp³-hybridized carbons (Fsp3) is 0.667. The molecule has 204 valence electrons. The van der Waals surface area contributed by atoms with Crippen LogP contribution in [0.25, 0.3) is 16.9 Å². The summed E-state index contributed by atoms with van der Waals surface area (Å²) in [4.78, 5) is 10.1. The number of pyridine rings is 1. The van der Waals surface area contributed by atoms with Gasteiger partial charge in [-0.15, -0.1) is 0 Å². The molecule has 11 heteroatoms. The van der Waals surface area contributed by atoms with Gasteiger partial charge < -0.3 is 24.0 Å².